The van der Waals surface area contributed by atoms with Crippen molar-refractivity contribution < 1.29 is 4.74 Å². The highest BCUT2D eigenvalue weighted by Crippen LogP contribution is 2.35. The summed E-state index contributed by atoms with van der Waals surface area (Å²) in [5, 5.41) is 0.687. The van der Waals surface area contributed by atoms with E-state index in [1.54, 1.807) is 7.11 Å². The van der Waals surface area contributed by atoms with Crippen molar-refractivity contribution in [1.82, 2.24) is 0 Å². The third kappa shape index (κ3) is 3.58. The Morgan fingerprint density at radius 3 is 2.73 bits per heavy atom. The van der Waals surface area contributed by atoms with Gasteiger partial charge in [0, 0.05) is 10.6 Å². The van der Waals surface area contributed by atoms with E-state index in [0.29, 0.717) is 5.02 Å². The first-order valence-electron chi connectivity index (χ1n) is 5.16. The molecule has 0 aliphatic carbocycles. The summed E-state index contributed by atoms with van der Waals surface area (Å²) < 4.78 is 5.26. The maximum absolute atomic E-state index is 6.30. The molecule has 0 bridgehead atoms. The first-order chi connectivity index (χ1) is 7.19. The smallest absolute Gasteiger partial charge is 0.123 e. The number of hydrogen-bond donors (Lipinski definition) is 0. The monoisotopic (exact) mass is 246 g/mol. The molecule has 0 heterocycles. The number of unbranched alkanes of at least 4 members (excludes halogenated alkanes) is 1. The third-order valence-corrected chi connectivity index (χ3v) is 3.03. The van der Waals surface area contributed by atoms with Gasteiger partial charge in [-0.15, -0.1) is 11.6 Å². The van der Waals surface area contributed by atoms with Crippen molar-refractivity contribution in [2.75, 3.05) is 7.11 Å². The average Bonchev–Trinajstić information content (AvgIpc) is 2.25. The van der Waals surface area contributed by atoms with Crippen molar-refractivity contribution in [3.05, 3.63) is 28.8 Å². The first kappa shape index (κ1) is 12.7. The van der Waals surface area contributed by atoms with Gasteiger partial charge in [-0.05, 0) is 24.6 Å². The minimum Gasteiger partial charge on any atom is -0.496 e. The number of ether oxygens (including phenoxy) is 1. The molecular formula is C12H16Cl2O. The van der Waals surface area contributed by atoms with Gasteiger partial charge in [-0.25, -0.2) is 0 Å². The van der Waals surface area contributed by atoms with Crippen LogP contribution in [0.4, 0.5) is 0 Å². The number of halogens is 2. The van der Waals surface area contributed by atoms with E-state index in [4.69, 9.17) is 27.9 Å². The molecule has 0 saturated carbocycles. The molecule has 0 spiro atoms. The van der Waals surface area contributed by atoms with E-state index in [2.05, 4.69) is 6.92 Å². The summed E-state index contributed by atoms with van der Waals surface area (Å²) in [5.41, 5.74) is 0.986. The van der Waals surface area contributed by atoms with E-state index in [-0.39, 0.29) is 5.38 Å². The summed E-state index contributed by atoms with van der Waals surface area (Å²) in [5.74, 6) is 0.815. The summed E-state index contributed by atoms with van der Waals surface area (Å²) in [4.78, 5) is 0. The summed E-state index contributed by atoms with van der Waals surface area (Å²) >= 11 is 12.2. The second kappa shape index (κ2) is 6.24. The Kier molecular flexibility index (Phi) is 5.27. The van der Waals surface area contributed by atoms with Crippen molar-refractivity contribution >= 4 is 23.2 Å². The third-order valence-electron chi connectivity index (χ3n) is 2.34. The van der Waals surface area contributed by atoms with Crippen molar-refractivity contribution in [3.63, 3.8) is 0 Å². The first-order valence-corrected chi connectivity index (χ1v) is 5.98. The zero-order valence-electron chi connectivity index (χ0n) is 9.09. The fraction of sp³-hybridized carbons (Fsp3) is 0.500. The Bertz CT molecular complexity index is 312. The maximum atomic E-state index is 6.30. The van der Waals surface area contributed by atoms with Gasteiger partial charge >= 0.3 is 0 Å². The van der Waals surface area contributed by atoms with Gasteiger partial charge < -0.3 is 4.74 Å². The summed E-state index contributed by atoms with van der Waals surface area (Å²) in [6, 6.07) is 5.56. The molecule has 84 valence electrons. The van der Waals surface area contributed by atoms with Crippen LogP contribution in [0.2, 0.25) is 5.02 Å². The van der Waals surface area contributed by atoms with Crippen molar-refractivity contribution in [2.45, 2.75) is 31.6 Å². The molecule has 1 unspecified atom stereocenters. The Morgan fingerprint density at radius 2 is 2.13 bits per heavy atom. The van der Waals surface area contributed by atoms with Crippen molar-refractivity contribution in [1.29, 1.82) is 0 Å². The van der Waals surface area contributed by atoms with Crippen LogP contribution in [0.3, 0.4) is 0 Å². The highest BCUT2D eigenvalue weighted by atomic mass is 35.5. The Balaban J connectivity index is 2.85. The van der Waals surface area contributed by atoms with E-state index >= 15 is 0 Å². The number of hydrogen-bond acceptors (Lipinski definition) is 1. The molecule has 0 aliphatic rings. The fourth-order valence-electron chi connectivity index (χ4n) is 1.49. The Morgan fingerprint density at radius 1 is 1.40 bits per heavy atom. The van der Waals surface area contributed by atoms with Crippen LogP contribution in [-0.2, 0) is 0 Å². The van der Waals surface area contributed by atoms with Gasteiger partial charge in [0.05, 0.1) is 12.5 Å². The predicted molar refractivity (Wildman–Crippen MR) is 66.1 cm³/mol. The molecule has 1 aromatic carbocycles. The zero-order chi connectivity index (χ0) is 11.3. The molecule has 0 aromatic heterocycles. The van der Waals surface area contributed by atoms with Crippen LogP contribution in [0, 0.1) is 0 Å². The second-order valence-electron chi connectivity index (χ2n) is 3.50. The maximum Gasteiger partial charge on any atom is 0.123 e. The van der Waals surface area contributed by atoms with Gasteiger partial charge in [0.15, 0.2) is 0 Å². The molecule has 1 atom stereocenters. The lowest BCUT2D eigenvalue weighted by Crippen LogP contribution is -1.95. The molecule has 0 aliphatic heterocycles. The normalized spacial score (nSPS) is 12.5. The van der Waals surface area contributed by atoms with Gasteiger partial charge in [-0.1, -0.05) is 31.4 Å². The number of alkyl halides is 1. The quantitative estimate of drug-likeness (QED) is 0.678. The van der Waals surface area contributed by atoms with E-state index in [1.807, 2.05) is 18.2 Å². The number of benzene rings is 1. The molecule has 1 rings (SSSR count). The van der Waals surface area contributed by atoms with E-state index in [0.717, 1.165) is 30.6 Å². The molecule has 0 fully saturated rings. The SMILES string of the molecule is CCCCC(Cl)c1cc(Cl)ccc1OC. The fourth-order valence-corrected chi connectivity index (χ4v) is 1.99. The van der Waals surface area contributed by atoms with Crippen LogP contribution in [0.5, 0.6) is 5.75 Å². The molecule has 15 heavy (non-hydrogen) atoms. The van der Waals surface area contributed by atoms with Crippen LogP contribution >= 0.6 is 23.2 Å². The average molecular weight is 247 g/mol. The van der Waals surface area contributed by atoms with E-state index in [9.17, 15) is 0 Å². The molecule has 1 aromatic rings. The second-order valence-corrected chi connectivity index (χ2v) is 4.46. The lowest BCUT2D eigenvalue weighted by atomic mass is 10.1. The molecular weight excluding hydrogens is 231 g/mol. The molecule has 0 radical (unpaired) electrons. The predicted octanol–water partition coefficient (Wildman–Crippen LogP) is 4.82. The van der Waals surface area contributed by atoms with E-state index in [1.165, 1.54) is 0 Å². The van der Waals surface area contributed by atoms with Gasteiger partial charge in [-0.2, -0.15) is 0 Å². The Hall–Kier alpha value is -0.400. The van der Waals surface area contributed by atoms with Gasteiger partial charge in [-0.3, -0.25) is 0 Å². The highest BCUT2D eigenvalue weighted by molar-refractivity contribution is 6.30. The topological polar surface area (TPSA) is 9.23 Å². The molecule has 1 nitrogen and oxygen atoms in total. The highest BCUT2D eigenvalue weighted by Gasteiger charge is 2.13. The molecule has 0 amide bonds. The van der Waals surface area contributed by atoms with Crippen molar-refractivity contribution in [3.8, 4) is 5.75 Å². The number of methoxy groups -OCH3 is 1. The summed E-state index contributed by atoms with van der Waals surface area (Å²) in [6.07, 6.45) is 3.21. The van der Waals surface area contributed by atoms with Crippen LogP contribution in [0.25, 0.3) is 0 Å². The minimum absolute atomic E-state index is 0.0152. The molecule has 3 heteroatoms. The number of rotatable bonds is 5. The van der Waals surface area contributed by atoms with Crippen LogP contribution < -0.4 is 4.74 Å². The van der Waals surface area contributed by atoms with Crippen molar-refractivity contribution in [2.24, 2.45) is 0 Å². The van der Waals surface area contributed by atoms with Gasteiger partial charge in [0.25, 0.3) is 0 Å². The van der Waals surface area contributed by atoms with E-state index < -0.39 is 0 Å². The lowest BCUT2D eigenvalue weighted by Gasteiger charge is -2.13. The Labute approximate surface area is 101 Å². The van der Waals surface area contributed by atoms with Crippen LogP contribution in [0.15, 0.2) is 18.2 Å². The molecule has 0 N–H and O–H groups in total. The summed E-state index contributed by atoms with van der Waals surface area (Å²) in [6.45, 7) is 2.15. The lowest BCUT2D eigenvalue weighted by molar-refractivity contribution is 0.408. The van der Waals surface area contributed by atoms with Gasteiger partial charge in [0.2, 0.25) is 0 Å². The largest absolute Gasteiger partial charge is 0.496 e. The standard InChI is InChI=1S/C12H16Cl2O/c1-3-4-5-11(14)10-8-9(13)6-7-12(10)15-2/h6-8,11H,3-5H2,1-2H3. The zero-order valence-corrected chi connectivity index (χ0v) is 10.6. The van der Waals surface area contributed by atoms with Gasteiger partial charge in [0.1, 0.15) is 5.75 Å². The summed E-state index contributed by atoms with van der Waals surface area (Å²) in [7, 11) is 1.65. The van der Waals surface area contributed by atoms with Crippen LogP contribution in [-0.4, -0.2) is 7.11 Å². The van der Waals surface area contributed by atoms with Crippen LogP contribution in [0.1, 0.15) is 37.1 Å². The minimum atomic E-state index is -0.0152. The molecule has 0 saturated heterocycles.